The number of rotatable bonds is 4. The molecule has 2 rings (SSSR count). The van der Waals surface area contributed by atoms with Crippen molar-refractivity contribution in [1.82, 2.24) is 15.0 Å². The summed E-state index contributed by atoms with van der Waals surface area (Å²) < 4.78 is 1.85. The average Bonchev–Trinajstić information content (AvgIpc) is 2.79. The summed E-state index contributed by atoms with van der Waals surface area (Å²) in [6.45, 7) is 1.85. The van der Waals surface area contributed by atoms with Gasteiger partial charge in [-0.05, 0) is 25.5 Å². The molecule has 0 aliphatic carbocycles. The van der Waals surface area contributed by atoms with E-state index in [1.165, 1.54) is 0 Å². The molecule has 0 aliphatic rings. The third kappa shape index (κ3) is 2.47. The van der Waals surface area contributed by atoms with E-state index in [1.54, 1.807) is 0 Å². The lowest BCUT2D eigenvalue weighted by Gasteiger charge is -2.13. The van der Waals surface area contributed by atoms with Crippen LogP contribution in [0.4, 0.5) is 0 Å². The highest BCUT2D eigenvalue weighted by Gasteiger charge is 2.13. The van der Waals surface area contributed by atoms with Gasteiger partial charge in [0.15, 0.2) is 0 Å². The molecule has 0 amide bonds. The number of fused-ring (bicyclic) bond motifs is 1. The number of nitrogens with two attached hydrogens (primary N) is 1. The summed E-state index contributed by atoms with van der Waals surface area (Å²) >= 11 is 0. The van der Waals surface area contributed by atoms with E-state index in [-0.39, 0.29) is 6.04 Å². The Hall–Kier alpha value is -1.83. The van der Waals surface area contributed by atoms with Gasteiger partial charge in [0, 0.05) is 18.2 Å². The summed E-state index contributed by atoms with van der Waals surface area (Å²) in [5.41, 5.74) is 5.03. The molecule has 2 heterocycles. The Kier molecular flexibility index (Phi) is 3.76. The molecule has 1 atom stereocenters. The van der Waals surface area contributed by atoms with Crippen molar-refractivity contribution >= 4 is 5.52 Å². The Morgan fingerprint density at radius 3 is 3.18 bits per heavy atom. The maximum absolute atomic E-state index is 5.60. The number of aromatic nitrogens is 2. The van der Waals surface area contributed by atoms with Gasteiger partial charge in [-0.1, -0.05) is 6.07 Å². The van der Waals surface area contributed by atoms with Crippen molar-refractivity contribution in [2.24, 2.45) is 5.84 Å². The van der Waals surface area contributed by atoms with Gasteiger partial charge in [-0.15, -0.1) is 11.8 Å². The maximum Gasteiger partial charge on any atom is 0.0709 e. The van der Waals surface area contributed by atoms with E-state index in [0.717, 1.165) is 23.9 Å². The van der Waals surface area contributed by atoms with Crippen molar-refractivity contribution in [3.05, 3.63) is 36.2 Å². The maximum atomic E-state index is 5.60. The fourth-order valence-corrected chi connectivity index (χ4v) is 1.89. The number of hydrazine groups is 1. The van der Waals surface area contributed by atoms with Crippen molar-refractivity contribution in [1.29, 1.82) is 0 Å². The summed E-state index contributed by atoms with van der Waals surface area (Å²) in [5, 5.41) is 4.30. The van der Waals surface area contributed by atoms with E-state index in [0.29, 0.717) is 0 Å². The summed E-state index contributed by atoms with van der Waals surface area (Å²) in [5.74, 6) is 11.5. The third-order valence-electron chi connectivity index (χ3n) is 2.77. The monoisotopic (exact) mass is 228 g/mol. The topological polar surface area (TPSA) is 55.3 Å². The van der Waals surface area contributed by atoms with Gasteiger partial charge in [-0.3, -0.25) is 11.3 Å². The van der Waals surface area contributed by atoms with Gasteiger partial charge in [0.05, 0.1) is 17.8 Å². The summed E-state index contributed by atoms with van der Waals surface area (Å²) in [4.78, 5) is 0. The molecule has 2 aromatic heterocycles. The molecule has 4 nitrogen and oxygen atoms in total. The predicted octanol–water partition coefficient (Wildman–Crippen LogP) is 1.64. The first kappa shape index (κ1) is 11.6. The van der Waals surface area contributed by atoms with E-state index in [4.69, 9.17) is 5.84 Å². The first-order chi connectivity index (χ1) is 8.36. The van der Waals surface area contributed by atoms with Crippen molar-refractivity contribution < 1.29 is 0 Å². The Morgan fingerprint density at radius 1 is 1.53 bits per heavy atom. The molecule has 17 heavy (non-hydrogen) atoms. The zero-order chi connectivity index (χ0) is 12.1. The Balaban J connectivity index is 2.25. The van der Waals surface area contributed by atoms with Crippen LogP contribution in [0.15, 0.2) is 30.6 Å². The first-order valence-electron chi connectivity index (χ1n) is 5.65. The molecule has 0 saturated heterocycles. The molecule has 2 aromatic rings. The van der Waals surface area contributed by atoms with Crippen LogP contribution in [0.3, 0.4) is 0 Å². The average molecular weight is 228 g/mol. The van der Waals surface area contributed by atoms with Gasteiger partial charge < -0.3 is 0 Å². The van der Waals surface area contributed by atoms with Gasteiger partial charge in [0.2, 0.25) is 0 Å². The van der Waals surface area contributed by atoms with Crippen LogP contribution in [0.25, 0.3) is 5.52 Å². The fourth-order valence-electron chi connectivity index (χ4n) is 1.89. The molecule has 0 aliphatic heterocycles. The number of hydrogen-bond donors (Lipinski definition) is 2. The van der Waals surface area contributed by atoms with E-state index in [2.05, 4.69) is 22.4 Å². The normalized spacial score (nSPS) is 12.1. The third-order valence-corrected chi connectivity index (χ3v) is 2.77. The molecule has 4 heteroatoms. The highest BCUT2D eigenvalue weighted by molar-refractivity contribution is 5.54. The van der Waals surface area contributed by atoms with Crippen LogP contribution in [-0.2, 0) is 0 Å². The zero-order valence-electron chi connectivity index (χ0n) is 9.85. The smallest absolute Gasteiger partial charge is 0.0709 e. The van der Waals surface area contributed by atoms with Crippen LogP contribution in [-0.4, -0.2) is 9.61 Å². The lowest BCUT2D eigenvalue weighted by molar-refractivity contribution is 0.527. The van der Waals surface area contributed by atoms with Crippen LogP contribution >= 0.6 is 0 Å². The highest BCUT2D eigenvalue weighted by atomic mass is 15.3. The molecule has 1 unspecified atom stereocenters. The number of pyridine rings is 1. The van der Waals surface area contributed by atoms with E-state index in [1.807, 2.05) is 42.0 Å². The summed E-state index contributed by atoms with van der Waals surface area (Å²) in [7, 11) is 0. The van der Waals surface area contributed by atoms with Crippen molar-refractivity contribution in [3.8, 4) is 11.8 Å². The molecule has 0 aromatic carbocycles. The van der Waals surface area contributed by atoms with Gasteiger partial charge in [0.1, 0.15) is 0 Å². The minimum atomic E-state index is 0.0933. The number of hydrogen-bond acceptors (Lipinski definition) is 3. The molecule has 0 bridgehead atoms. The second-order valence-electron chi connectivity index (χ2n) is 3.82. The summed E-state index contributed by atoms with van der Waals surface area (Å²) in [6.07, 6.45) is 5.50. The van der Waals surface area contributed by atoms with Crippen molar-refractivity contribution in [2.75, 3.05) is 0 Å². The molecule has 88 valence electrons. The van der Waals surface area contributed by atoms with Gasteiger partial charge in [-0.2, -0.15) is 5.10 Å². The Labute approximate surface area is 101 Å². The molecular formula is C13H16N4. The van der Waals surface area contributed by atoms with E-state index >= 15 is 0 Å². The van der Waals surface area contributed by atoms with Crippen LogP contribution in [0.2, 0.25) is 0 Å². The van der Waals surface area contributed by atoms with Gasteiger partial charge in [-0.25, -0.2) is 4.52 Å². The molecule has 0 saturated carbocycles. The molecule has 0 radical (unpaired) electrons. The largest absolute Gasteiger partial charge is 0.271 e. The quantitative estimate of drug-likeness (QED) is 0.475. The SMILES string of the molecule is CC#CCCC(NN)c1cnn2ccccc12. The molecule has 0 spiro atoms. The number of nitrogens with one attached hydrogen (secondary N) is 1. The molecular weight excluding hydrogens is 212 g/mol. The lowest BCUT2D eigenvalue weighted by Crippen LogP contribution is -2.27. The van der Waals surface area contributed by atoms with Crippen LogP contribution in [0.5, 0.6) is 0 Å². The minimum absolute atomic E-state index is 0.0933. The molecule has 0 fully saturated rings. The van der Waals surface area contributed by atoms with Crippen molar-refractivity contribution in [2.45, 2.75) is 25.8 Å². The fraction of sp³-hybridized carbons (Fsp3) is 0.308. The van der Waals surface area contributed by atoms with Gasteiger partial charge in [0.25, 0.3) is 0 Å². The Bertz CT molecular complexity index is 547. The summed E-state index contributed by atoms with van der Waals surface area (Å²) in [6, 6.07) is 6.09. The number of nitrogens with zero attached hydrogens (tertiary/aromatic N) is 2. The highest BCUT2D eigenvalue weighted by Crippen LogP contribution is 2.21. The van der Waals surface area contributed by atoms with Gasteiger partial charge >= 0.3 is 0 Å². The Morgan fingerprint density at radius 2 is 2.41 bits per heavy atom. The second kappa shape index (κ2) is 5.48. The minimum Gasteiger partial charge on any atom is -0.271 e. The lowest BCUT2D eigenvalue weighted by atomic mass is 10.0. The van der Waals surface area contributed by atoms with Crippen molar-refractivity contribution in [3.63, 3.8) is 0 Å². The van der Waals surface area contributed by atoms with E-state index in [9.17, 15) is 0 Å². The van der Waals surface area contributed by atoms with Crippen LogP contribution in [0, 0.1) is 11.8 Å². The first-order valence-corrected chi connectivity index (χ1v) is 5.65. The van der Waals surface area contributed by atoms with Crippen LogP contribution < -0.4 is 11.3 Å². The standard InChI is InChI=1S/C13H16N4/c1-2-3-4-7-12(16-14)11-10-15-17-9-6-5-8-13(11)17/h5-6,8-10,12,16H,4,7,14H2,1H3. The zero-order valence-corrected chi connectivity index (χ0v) is 9.85. The predicted molar refractivity (Wildman–Crippen MR) is 67.9 cm³/mol. The molecule has 3 N–H and O–H groups in total. The van der Waals surface area contributed by atoms with E-state index < -0.39 is 0 Å². The van der Waals surface area contributed by atoms with Crippen LogP contribution in [0.1, 0.15) is 31.4 Å². The second-order valence-corrected chi connectivity index (χ2v) is 3.82.